The Hall–Kier alpha value is -2.67. The number of carbonyl (C=O) groups is 1. The topological polar surface area (TPSA) is 25.2 Å². The van der Waals surface area contributed by atoms with Crippen LogP contribution in [-0.2, 0) is 11.2 Å². The van der Waals surface area contributed by atoms with Crippen LogP contribution in [0.3, 0.4) is 0 Å². The molecule has 1 aliphatic rings. The summed E-state index contributed by atoms with van der Waals surface area (Å²) in [7, 11) is 0. The van der Waals surface area contributed by atoms with E-state index in [2.05, 4.69) is 88.9 Å². The normalized spacial score (nSPS) is 15.1. The summed E-state index contributed by atoms with van der Waals surface area (Å²) >= 11 is 10.6. The number of hydrogen-bond donors (Lipinski definition) is 0. The van der Waals surface area contributed by atoms with E-state index < -0.39 is 0 Å². The minimum atomic E-state index is -0.00942. The maximum Gasteiger partial charge on any atom is 0.266 e. The van der Waals surface area contributed by atoms with Gasteiger partial charge in [-0.25, -0.2) is 0 Å². The van der Waals surface area contributed by atoms with Gasteiger partial charge in [-0.05, 0) is 61.1 Å². The number of halogens is 1. The van der Waals surface area contributed by atoms with E-state index in [0.717, 1.165) is 33.5 Å². The van der Waals surface area contributed by atoms with Gasteiger partial charge >= 0.3 is 0 Å². The predicted molar refractivity (Wildman–Crippen MR) is 150 cm³/mol. The summed E-state index contributed by atoms with van der Waals surface area (Å²) in [5.74, 6) is -0.00942. The summed E-state index contributed by atoms with van der Waals surface area (Å²) in [6.07, 6.45) is 2.77. The number of thiocarbonyl (C=S) groups is 1. The third-order valence-electron chi connectivity index (χ3n) is 6.19. The molecular weight excluding hydrogens is 524 g/mol. The van der Waals surface area contributed by atoms with Crippen LogP contribution in [0, 0.1) is 13.8 Å². The van der Waals surface area contributed by atoms with Gasteiger partial charge < -0.3 is 4.57 Å². The third kappa shape index (κ3) is 4.26. The zero-order valence-corrected chi connectivity index (χ0v) is 22.1. The molecule has 0 spiro atoms. The van der Waals surface area contributed by atoms with Crippen molar-refractivity contribution in [2.75, 3.05) is 6.54 Å². The monoisotopic (exact) mass is 546 g/mol. The molecule has 0 saturated carbocycles. The van der Waals surface area contributed by atoms with E-state index in [1.807, 2.05) is 24.3 Å². The lowest BCUT2D eigenvalue weighted by molar-refractivity contribution is -0.122. The summed E-state index contributed by atoms with van der Waals surface area (Å²) in [4.78, 5) is 15.6. The number of amides is 1. The Kier molecular flexibility index (Phi) is 6.47. The lowest BCUT2D eigenvalue weighted by Gasteiger charge is -2.14. The average Bonchev–Trinajstić information content (AvgIpc) is 3.27. The SMILES string of the molecule is Cc1cc(/C=C2\SC(=S)N(CCc3ccccc3)C2=O)c(C)n1-c1ccc(Br)c2ccccc12. The summed E-state index contributed by atoms with van der Waals surface area (Å²) in [6.45, 7) is 4.80. The van der Waals surface area contributed by atoms with E-state index >= 15 is 0 Å². The van der Waals surface area contributed by atoms with E-state index in [1.54, 1.807) is 4.90 Å². The van der Waals surface area contributed by atoms with E-state index in [4.69, 9.17) is 12.2 Å². The fourth-order valence-electron chi connectivity index (χ4n) is 4.47. The van der Waals surface area contributed by atoms with Crippen molar-refractivity contribution in [3.05, 3.63) is 105 Å². The molecule has 1 aliphatic heterocycles. The maximum atomic E-state index is 13.2. The molecule has 5 rings (SSSR count). The fourth-order valence-corrected chi connectivity index (χ4v) is 6.24. The second kappa shape index (κ2) is 9.53. The standard InChI is InChI=1S/C28H23BrN2OS2/c1-18-16-21(19(2)31(18)25-13-12-24(29)22-10-6-7-11-23(22)25)17-26-27(32)30(28(33)34-26)15-14-20-8-4-3-5-9-20/h3-13,16-17H,14-15H2,1-2H3/b26-17-. The van der Waals surface area contributed by atoms with Crippen LogP contribution in [-0.4, -0.2) is 26.2 Å². The van der Waals surface area contributed by atoms with E-state index in [0.29, 0.717) is 15.8 Å². The van der Waals surface area contributed by atoms with Gasteiger partial charge in [0.1, 0.15) is 4.32 Å². The van der Waals surface area contributed by atoms with Crippen molar-refractivity contribution < 1.29 is 4.79 Å². The van der Waals surface area contributed by atoms with E-state index in [-0.39, 0.29) is 5.91 Å². The Morgan fingerprint density at radius 2 is 1.68 bits per heavy atom. The lowest BCUT2D eigenvalue weighted by atomic mass is 10.1. The van der Waals surface area contributed by atoms with Crippen molar-refractivity contribution in [2.24, 2.45) is 0 Å². The molecule has 2 heterocycles. The highest BCUT2D eigenvalue weighted by Crippen LogP contribution is 2.36. The molecule has 1 fully saturated rings. The molecule has 3 nitrogen and oxygen atoms in total. The first-order valence-electron chi connectivity index (χ1n) is 11.1. The average molecular weight is 548 g/mol. The summed E-state index contributed by atoms with van der Waals surface area (Å²) in [5, 5.41) is 2.35. The molecule has 1 amide bonds. The Labute approximate surface area is 217 Å². The predicted octanol–water partition coefficient (Wildman–Crippen LogP) is 7.45. The van der Waals surface area contributed by atoms with Gasteiger partial charge in [-0.15, -0.1) is 0 Å². The first kappa shape index (κ1) is 23.1. The van der Waals surface area contributed by atoms with Crippen molar-refractivity contribution in [3.8, 4) is 5.69 Å². The summed E-state index contributed by atoms with van der Waals surface area (Å²) in [5.41, 5.74) is 5.58. The van der Waals surface area contributed by atoms with Crippen LogP contribution in [0.4, 0.5) is 0 Å². The number of benzene rings is 3. The van der Waals surface area contributed by atoms with E-state index in [1.165, 1.54) is 28.1 Å². The number of aryl methyl sites for hydroxylation is 1. The third-order valence-corrected chi connectivity index (χ3v) is 8.26. The number of fused-ring (bicyclic) bond motifs is 1. The molecule has 170 valence electrons. The Morgan fingerprint density at radius 1 is 0.971 bits per heavy atom. The second-order valence-electron chi connectivity index (χ2n) is 8.34. The van der Waals surface area contributed by atoms with Crippen molar-refractivity contribution in [1.82, 2.24) is 9.47 Å². The Bertz CT molecular complexity index is 1460. The number of carbonyl (C=O) groups excluding carboxylic acids is 1. The highest BCUT2D eigenvalue weighted by Gasteiger charge is 2.32. The van der Waals surface area contributed by atoms with E-state index in [9.17, 15) is 4.79 Å². The van der Waals surface area contributed by atoms with Gasteiger partial charge in [0.05, 0.1) is 10.6 Å². The van der Waals surface area contributed by atoms with Crippen LogP contribution in [0.2, 0.25) is 0 Å². The molecule has 0 unspecified atom stereocenters. The number of nitrogens with zero attached hydrogens (tertiary/aromatic N) is 2. The van der Waals surface area contributed by atoms with Gasteiger partial charge in [0, 0.05) is 27.8 Å². The first-order valence-corrected chi connectivity index (χ1v) is 13.1. The van der Waals surface area contributed by atoms with Crippen molar-refractivity contribution in [1.29, 1.82) is 0 Å². The van der Waals surface area contributed by atoms with Gasteiger partial charge in [0.15, 0.2) is 0 Å². The second-order valence-corrected chi connectivity index (χ2v) is 10.9. The number of thioether (sulfide) groups is 1. The molecule has 3 aromatic carbocycles. The number of rotatable bonds is 5. The molecule has 0 aliphatic carbocycles. The van der Waals surface area contributed by atoms with Crippen LogP contribution < -0.4 is 0 Å². The largest absolute Gasteiger partial charge is 0.317 e. The molecule has 0 radical (unpaired) electrons. The fraction of sp³-hybridized carbons (Fsp3) is 0.143. The Balaban J connectivity index is 1.46. The van der Waals surface area contributed by atoms with Gasteiger partial charge in [-0.2, -0.15) is 0 Å². The molecule has 4 aromatic rings. The van der Waals surface area contributed by atoms with Gasteiger partial charge in [-0.3, -0.25) is 9.69 Å². The van der Waals surface area contributed by atoms with Crippen LogP contribution >= 0.6 is 39.9 Å². The quantitative estimate of drug-likeness (QED) is 0.192. The number of aromatic nitrogens is 1. The molecule has 0 bridgehead atoms. The van der Waals surface area contributed by atoms with Crippen LogP contribution in [0.25, 0.3) is 22.5 Å². The molecule has 6 heteroatoms. The molecule has 0 atom stereocenters. The molecule has 0 N–H and O–H groups in total. The Morgan fingerprint density at radius 3 is 2.44 bits per heavy atom. The zero-order valence-electron chi connectivity index (χ0n) is 18.9. The van der Waals surface area contributed by atoms with Crippen molar-refractivity contribution in [3.63, 3.8) is 0 Å². The van der Waals surface area contributed by atoms with Gasteiger partial charge in [0.2, 0.25) is 0 Å². The molecular formula is C28H23BrN2OS2. The first-order chi connectivity index (χ1) is 16.4. The lowest BCUT2D eigenvalue weighted by Crippen LogP contribution is -2.30. The van der Waals surface area contributed by atoms with Crippen molar-refractivity contribution in [2.45, 2.75) is 20.3 Å². The molecule has 1 aromatic heterocycles. The molecule has 1 saturated heterocycles. The van der Waals surface area contributed by atoms with Gasteiger partial charge in [0.25, 0.3) is 5.91 Å². The highest BCUT2D eigenvalue weighted by atomic mass is 79.9. The van der Waals surface area contributed by atoms with Crippen LogP contribution in [0.5, 0.6) is 0 Å². The van der Waals surface area contributed by atoms with Crippen LogP contribution in [0.15, 0.2) is 82.2 Å². The summed E-state index contributed by atoms with van der Waals surface area (Å²) < 4.78 is 3.96. The zero-order chi connectivity index (χ0) is 23.8. The van der Waals surface area contributed by atoms with Crippen LogP contribution in [0.1, 0.15) is 22.5 Å². The minimum absolute atomic E-state index is 0.00942. The minimum Gasteiger partial charge on any atom is -0.317 e. The number of hydrogen-bond acceptors (Lipinski definition) is 3. The van der Waals surface area contributed by atoms with Crippen molar-refractivity contribution >= 4 is 67.0 Å². The molecule has 34 heavy (non-hydrogen) atoms. The summed E-state index contributed by atoms with van der Waals surface area (Å²) in [6, 6.07) is 24.9. The maximum absolute atomic E-state index is 13.2. The van der Waals surface area contributed by atoms with Gasteiger partial charge in [-0.1, -0.05) is 94.5 Å². The highest BCUT2D eigenvalue weighted by molar-refractivity contribution is 9.10. The smallest absolute Gasteiger partial charge is 0.266 e.